The SMILES string of the molecule is C=CCCCCOC(=O)[C@H]1[C@@H]2SC3(CC2Br)C(C(=O)N(CC=C)c2c(C)cccc2Cl)N([C@H](CO)c2ccccc2)C(=O)[C@H]13. The van der Waals surface area contributed by atoms with E-state index in [2.05, 4.69) is 29.1 Å². The fourth-order valence-electron chi connectivity index (χ4n) is 7.17. The molecule has 3 aliphatic heterocycles. The summed E-state index contributed by atoms with van der Waals surface area (Å²) < 4.78 is 4.84. The molecular formula is C34H38BrClN2O5S. The van der Waals surface area contributed by atoms with Crippen LogP contribution in [0.15, 0.2) is 73.8 Å². The van der Waals surface area contributed by atoms with E-state index >= 15 is 4.79 Å². The van der Waals surface area contributed by atoms with Crippen molar-refractivity contribution in [3.8, 4) is 0 Å². The number of unbranched alkanes of at least 4 members (excludes halogenated alkanes) is 2. The molecule has 0 aromatic heterocycles. The number of aryl methyl sites for hydroxylation is 1. The summed E-state index contributed by atoms with van der Waals surface area (Å²) in [6, 6.07) is 12.9. The highest BCUT2D eigenvalue weighted by atomic mass is 79.9. The lowest BCUT2D eigenvalue weighted by atomic mass is 9.71. The largest absolute Gasteiger partial charge is 0.465 e. The molecule has 2 bridgehead atoms. The van der Waals surface area contributed by atoms with E-state index in [0.29, 0.717) is 29.1 Å². The molecule has 10 heteroatoms. The van der Waals surface area contributed by atoms with Crippen LogP contribution < -0.4 is 4.90 Å². The summed E-state index contributed by atoms with van der Waals surface area (Å²) in [5, 5.41) is 11.0. The Bertz CT molecular complexity index is 1410. The van der Waals surface area contributed by atoms with Crippen LogP contribution >= 0.6 is 39.3 Å². The van der Waals surface area contributed by atoms with Crippen molar-refractivity contribution in [1.82, 2.24) is 4.90 Å². The first-order valence-electron chi connectivity index (χ1n) is 15.0. The van der Waals surface area contributed by atoms with Gasteiger partial charge in [-0.05, 0) is 49.8 Å². The Balaban J connectivity index is 1.60. The number of aliphatic hydroxyl groups is 1. The van der Waals surface area contributed by atoms with Crippen LogP contribution in [0.2, 0.25) is 5.02 Å². The number of alkyl halides is 1. The van der Waals surface area contributed by atoms with Crippen molar-refractivity contribution in [2.24, 2.45) is 11.8 Å². The number of anilines is 1. The first-order valence-corrected chi connectivity index (χ1v) is 17.1. The number of amides is 2. The van der Waals surface area contributed by atoms with Gasteiger partial charge < -0.3 is 19.6 Å². The van der Waals surface area contributed by atoms with Gasteiger partial charge in [-0.25, -0.2) is 0 Å². The number of aliphatic hydroxyl groups excluding tert-OH is 1. The second-order valence-electron chi connectivity index (χ2n) is 11.6. The molecule has 2 amide bonds. The number of likely N-dealkylation sites (tertiary alicyclic amines) is 1. The fourth-order valence-corrected chi connectivity index (χ4v) is 11.1. The summed E-state index contributed by atoms with van der Waals surface area (Å²) >= 11 is 12.0. The van der Waals surface area contributed by atoms with Crippen LogP contribution in [0.1, 0.15) is 42.9 Å². The van der Waals surface area contributed by atoms with Crippen molar-refractivity contribution < 1.29 is 24.2 Å². The van der Waals surface area contributed by atoms with Crippen molar-refractivity contribution in [3.63, 3.8) is 0 Å². The third-order valence-corrected chi connectivity index (χ3v) is 12.5. The third kappa shape index (κ3) is 5.65. The second kappa shape index (κ2) is 13.8. The van der Waals surface area contributed by atoms with E-state index in [0.717, 1.165) is 18.4 Å². The third-order valence-electron chi connectivity index (χ3n) is 9.01. The standard InChI is InChI=1S/C34H38BrClN2O5S/c1-4-6-7-11-18-43-33(42)26-27-31(40)38(25(20-39)22-14-9-8-10-15-22)30(34(27)19-23(35)29(26)44-34)32(41)37(17-5-2)28-21(3)13-12-16-24(28)36/h4-5,8-10,12-16,23,25-27,29-30,39H,1-2,6-7,11,17-20H2,3H3/t23?,25-,26-,27+,29-,30?,34?/m1/s1. The Hall–Kier alpha value is -2.59. The van der Waals surface area contributed by atoms with E-state index < -0.39 is 34.6 Å². The van der Waals surface area contributed by atoms with Gasteiger partial charge in [-0.3, -0.25) is 14.4 Å². The summed E-state index contributed by atoms with van der Waals surface area (Å²) in [6.07, 6.45) is 6.36. The zero-order valence-electron chi connectivity index (χ0n) is 24.7. The number of hydrogen-bond acceptors (Lipinski definition) is 6. The summed E-state index contributed by atoms with van der Waals surface area (Å²) in [7, 11) is 0. The molecule has 1 N–H and O–H groups in total. The Kier molecular flexibility index (Phi) is 10.3. The van der Waals surface area contributed by atoms with E-state index in [9.17, 15) is 14.7 Å². The first kappa shape index (κ1) is 32.8. The molecule has 1 spiro atoms. The average molecular weight is 702 g/mol. The molecular weight excluding hydrogens is 664 g/mol. The predicted octanol–water partition coefficient (Wildman–Crippen LogP) is 6.27. The van der Waals surface area contributed by atoms with E-state index in [-0.39, 0.29) is 41.6 Å². The summed E-state index contributed by atoms with van der Waals surface area (Å²) in [4.78, 5) is 46.5. The highest BCUT2D eigenvalue weighted by molar-refractivity contribution is 9.09. The summed E-state index contributed by atoms with van der Waals surface area (Å²) in [5.41, 5.74) is 2.06. The number of rotatable bonds is 13. The molecule has 3 fully saturated rings. The first-order chi connectivity index (χ1) is 21.2. The number of nitrogens with zero attached hydrogens (tertiary/aromatic N) is 2. The maximum atomic E-state index is 15.0. The van der Waals surface area contributed by atoms with Crippen LogP contribution in [0.25, 0.3) is 0 Å². The Morgan fingerprint density at radius 3 is 2.61 bits per heavy atom. The summed E-state index contributed by atoms with van der Waals surface area (Å²) in [6.45, 7) is 9.56. The number of fused-ring (bicyclic) bond motifs is 1. The molecule has 234 valence electrons. The molecule has 7 atom stereocenters. The molecule has 44 heavy (non-hydrogen) atoms. The lowest BCUT2D eigenvalue weighted by Gasteiger charge is -2.40. The smallest absolute Gasteiger partial charge is 0.310 e. The highest BCUT2D eigenvalue weighted by Gasteiger charge is 2.77. The zero-order chi connectivity index (χ0) is 31.6. The predicted molar refractivity (Wildman–Crippen MR) is 179 cm³/mol. The van der Waals surface area contributed by atoms with E-state index in [1.807, 2.05) is 55.5 Å². The number of halogens is 2. The van der Waals surface area contributed by atoms with Gasteiger partial charge in [0.25, 0.3) is 5.91 Å². The van der Waals surface area contributed by atoms with Crippen LogP contribution in [-0.2, 0) is 19.1 Å². The topological polar surface area (TPSA) is 87.2 Å². The van der Waals surface area contributed by atoms with E-state index in [1.54, 1.807) is 21.9 Å². The molecule has 3 unspecified atom stereocenters. The number of thioether (sulfide) groups is 1. The van der Waals surface area contributed by atoms with Crippen molar-refractivity contribution in [2.45, 2.75) is 59.5 Å². The molecule has 7 nitrogen and oxygen atoms in total. The van der Waals surface area contributed by atoms with Crippen molar-refractivity contribution in [1.29, 1.82) is 0 Å². The van der Waals surface area contributed by atoms with E-state index in [4.69, 9.17) is 16.3 Å². The minimum absolute atomic E-state index is 0.107. The Morgan fingerprint density at radius 1 is 1.20 bits per heavy atom. The van der Waals surface area contributed by atoms with Gasteiger partial charge in [0.15, 0.2) is 0 Å². The minimum atomic E-state index is -0.978. The molecule has 2 aromatic carbocycles. The van der Waals surface area contributed by atoms with Crippen LogP contribution in [0.5, 0.6) is 0 Å². The molecule has 0 saturated carbocycles. The number of carbonyl (C=O) groups excluding carboxylic acids is 3. The number of esters is 1. The lowest BCUT2D eigenvalue weighted by Crippen LogP contribution is -2.56. The molecule has 0 aliphatic carbocycles. The molecule has 0 radical (unpaired) electrons. The number of para-hydroxylation sites is 1. The quantitative estimate of drug-likeness (QED) is 0.115. The van der Waals surface area contributed by atoms with Gasteiger partial charge in [0.2, 0.25) is 5.91 Å². The number of carbonyl (C=O) groups is 3. The molecule has 3 aliphatic rings. The van der Waals surface area contributed by atoms with Gasteiger partial charge >= 0.3 is 5.97 Å². The van der Waals surface area contributed by atoms with Crippen LogP contribution in [0.3, 0.4) is 0 Å². The van der Waals surface area contributed by atoms with Gasteiger partial charge in [0, 0.05) is 16.6 Å². The zero-order valence-corrected chi connectivity index (χ0v) is 27.9. The minimum Gasteiger partial charge on any atom is -0.465 e. The Labute approximate surface area is 276 Å². The van der Waals surface area contributed by atoms with Gasteiger partial charge in [-0.2, -0.15) is 0 Å². The van der Waals surface area contributed by atoms with Gasteiger partial charge in [0.1, 0.15) is 6.04 Å². The average Bonchev–Trinajstić information content (AvgIpc) is 3.60. The molecule has 2 aromatic rings. The molecule has 3 saturated heterocycles. The summed E-state index contributed by atoms with van der Waals surface area (Å²) in [5.74, 6) is -2.56. The fraction of sp³-hybridized carbons (Fsp3) is 0.441. The highest BCUT2D eigenvalue weighted by Crippen LogP contribution is 2.68. The maximum Gasteiger partial charge on any atom is 0.310 e. The van der Waals surface area contributed by atoms with Gasteiger partial charge in [0.05, 0.1) is 46.5 Å². The van der Waals surface area contributed by atoms with Gasteiger partial charge in [-0.15, -0.1) is 24.9 Å². The van der Waals surface area contributed by atoms with Crippen LogP contribution in [0.4, 0.5) is 5.69 Å². The lowest BCUT2D eigenvalue weighted by molar-refractivity contribution is -0.154. The monoisotopic (exact) mass is 700 g/mol. The maximum absolute atomic E-state index is 15.0. The van der Waals surface area contributed by atoms with Crippen molar-refractivity contribution in [2.75, 3.05) is 24.7 Å². The van der Waals surface area contributed by atoms with Crippen molar-refractivity contribution >= 4 is 62.8 Å². The second-order valence-corrected chi connectivity index (χ2v) is 14.7. The number of hydrogen-bond donors (Lipinski definition) is 1. The van der Waals surface area contributed by atoms with Crippen molar-refractivity contribution in [3.05, 3.63) is 90.0 Å². The Morgan fingerprint density at radius 2 is 1.95 bits per heavy atom. The molecule has 5 rings (SSSR count). The molecule has 3 heterocycles. The van der Waals surface area contributed by atoms with Crippen LogP contribution in [0, 0.1) is 18.8 Å². The van der Waals surface area contributed by atoms with E-state index in [1.165, 1.54) is 11.8 Å². The van der Waals surface area contributed by atoms with Gasteiger partial charge in [-0.1, -0.05) is 82.1 Å². The number of ether oxygens (including phenoxy) is 1. The number of allylic oxidation sites excluding steroid dienone is 1. The van der Waals surface area contributed by atoms with Crippen LogP contribution in [-0.4, -0.2) is 68.4 Å². The normalized spacial score (nSPS) is 27.6. The number of benzene rings is 2.